The lowest BCUT2D eigenvalue weighted by Crippen LogP contribution is -2.40. The molecule has 162 valence electrons. The van der Waals surface area contributed by atoms with Crippen LogP contribution in [0.2, 0.25) is 0 Å². The molecule has 1 saturated heterocycles. The molecule has 0 aromatic heterocycles. The second-order valence-corrected chi connectivity index (χ2v) is 10.1. The third-order valence-corrected chi connectivity index (χ3v) is 6.87. The lowest BCUT2D eigenvalue weighted by Gasteiger charge is -2.42. The molecule has 1 aliphatic carbocycles. The minimum Gasteiger partial charge on any atom is -0.378 e. The summed E-state index contributed by atoms with van der Waals surface area (Å²) in [4.78, 5) is 14.4. The van der Waals surface area contributed by atoms with Crippen LogP contribution in [-0.4, -0.2) is 37.1 Å². The van der Waals surface area contributed by atoms with E-state index < -0.39 is 0 Å². The Hall–Kier alpha value is -2.57. The molecule has 0 atom stereocenters. The topological polar surface area (TPSA) is 29.5 Å². The van der Waals surface area contributed by atoms with E-state index in [-0.39, 0.29) is 16.7 Å². The Bertz CT molecular complexity index is 1020. The molecular weight excluding hydrogens is 382 g/mol. The first kappa shape index (κ1) is 21.7. The number of hydrogen-bond donors (Lipinski definition) is 0. The van der Waals surface area contributed by atoms with E-state index in [1.807, 2.05) is 29.2 Å². The highest BCUT2D eigenvalue weighted by atomic mass is 16.5. The zero-order valence-electron chi connectivity index (χ0n) is 19.3. The van der Waals surface area contributed by atoms with Gasteiger partial charge in [0.25, 0.3) is 5.91 Å². The molecule has 2 aliphatic rings. The van der Waals surface area contributed by atoms with E-state index in [1.165, 1.54) is 29.5 Å². The zero-order valence-corrected chi connectivity index (χ0v) is 19.3. The molecule has 1 fully saturated rings. The predicted molar refractivity (Wildman–Crippen MR) is 125 cm³/mol. The molecule has 0 N–H and O–H groups in total. The first-order chi connectivity index (χ1) is 14.8. The Morgan fingerprint density at radius 2 is 1.58 bits per heavy atom. The molecule has 0 spiro atoms. The van der Waals surface area contributed by atoms with Crippen LogP contribution in [0.3, 0.4) is 0 Å². The molecule has 0 bridgehead atoms. The molecule has 1 heterocycles. The second kappa shape index (κ2) is 8.52. The van der Waals surface area contributed by atoms with E-state index >= 15 is 0 Å². The number of benzene rings is 2. The van der Waals surface area contributed by atoms with Crippen molar-refractivity contribution in [2.75, 3.05) is 26.3 Å². The Labute approximate surface area is 186 Å². The van der Waals surface area contributed by atoms with Gasteiger partial charge in [-0.25, -0.2) is 0 Å². The highest BCUT2D eigenvalue weighted by molar-refractivity contribution is 5.94. The molecule has 0 saturated carbocycles. The van der Waals surface area contributed by atoms with E-state index in [9.17, 15) is 4.79 Å². The van der Waals surface area contributed by atoms with Crippen LogP contribution in [0.1, 0.15) is 73.1 Å². The lowest BCUT2D eigenvalue weighted by atomic mass is 9.63. The fourth-order valence-electron chi connectivity index (χ4n) is 4.64. The SMILES string of the molecule is CC1(C)CCC(C)(C)c2cc(CC#Cc3ccc(C(=O)N4CCOCC4)cc3)ccc21. The lowest BCUT2D eigenvalue weighted by molar-refractivity contribution is 0.0303. The third kappa shape index (κ3) is 4.70. The van der Waals surface area contributed by atoms with Crippen molar-refractivity contribution in [3.8, 4) is 11.8 Å². The smallest absolute Gasteiger partial charge is 0.254 e. The largest absolute Gasteiger partial charge is 0.378 e. The number of amides is 1. The molecule has 0 radical (unpaired) electrons. The summed E-state index contributed by atoms with van der Waals surface area (Å²) < 4.78 is 5.33. The van der Waals surface area contributed by atoms with Gasteiger partial charge in [-0.05, 0) is 64.6 Å². The van der Waals surface area contributed by atoms with E-state index in [0.29, 0.717) is 31.9 Å². The van der Waals surface area contributed by atoms with Gasteiger partial charge < -0.3 is 9.64 Å². The van der Waals surface area contributed by atoms with Crippen LogP contribution in [0.5, 0.6) is 0 Å². The van der Waals surface area contributed by atoms with Crippen LogP contribution in [0.15, 0.2) is 42.5 Å². The Morgan fingerprint density at radius 1 is 0.935 bits per heavy atom. The summed E-state index contributed by atoms with van der Waals surface area (Å²) in [6.45, 7) is 12.0. The summed E-state index contributed by atoms with van der Waals surface area (Å²) in [6, 6.07) is 14.6. The monoisotopic (exact) mass is 415 g/mol. The molecule has 1 amide bonds. The van der Waals surface area contributed by atoms with Crippen LogP contribution in [-0.2, 0) is 22.0 Å². The molecule has 31 heavy (non-hydrogen) atoms. The highest BCUT2D eigenvalue weighted by Gasteiger charge is 2.36. The fourth-order valence-corrected chi connectivity index (χ4v) is 4.64. The fraction of sp³-hybridized carbons (Fsp3) is 0.464. The maximum atomic E-state index is 12.6. The molecule has 0 unspecified atom stereocenters. The van der Waals surface area contributed by atoms with Crippen molar-refractivity contribution in [1.29, 1.82) is 0 Å². The highest BCUT2D eigenvalue weighted by Crippen LogP contribution is 2.45. The molecule has 4 rings (SSSR count). The first-order valence-corrected chi connectivity index (χ1v) is 11.4. The predicted octanol–water partition coefficient (Wildman–Crippen LogP) is 5.10. The molecule has 2 aromatic rings. The minimum atomic E-state index is 0.0717. The summed E-state index contributed by atoms with van der Waals surface area (Å²) in [5, 5.41) is 0. The van der Waals surface area contributed by atoms with Gasteiger partial charge in [-0.15, -0.1) is 0 Å². The van der Waals surface area contributed by atoms with Crippen molar-refractivity contribution in [3.63, 3.8) is 0 Å². The number of nitrogens with zero attached hydrogens (tertiary/aromatic N) is 1. The van der Waals surface area contributed by atoms with Gasteiger partial charge in [-0.3, -0.25) is 4.79 Å². The van der Waals surface area contributed by atoms with E-state index in [4.69, 9.17) is 4.74 Å². The molecule has 1 aliphatic heterocycles. The van der Waals surface area contributed by atoms with Gasteiger partial charge in [0.1, 0.15) is 0 Å². The van der Waals surface area contributed by atoms with Crippen molar-refractivity contribution in [2.45, 2.75) is 57.8 Å². The second-order valence-electron chi connectivity index (χ2n) is 10.1. The van der Waals surface area contributed by atoms with E-state index in [2.05, 4.69) is 57.7 Å². The van der Waals surface area contributed by atoms with Crippen molar-refractivity contribution >= 4 is 5.91 Å². The number of hydrogen-bond acceptors (Lipinski definition) is 2. The summed E-state index contributed by atoms with van der Waals surface area (Å²) in [6.07, 6.45) is 3.19. The van der Waals surface area contributed by atoms with Gasteiger partial charge in [-0.1, -0.05) is 57.7 Å². The standard InChI is InChI=1S/C28H33NO2/c1-27(2)14-15-28(3,4)25-20-22(10-13-24(25)27)7-5-6-21-8-11-23(12-9-21)26(30)29-16-18-31-19-17-29/h8-13,20H,7,14-19H2,1-4H3. The van der Waals surface area contributed by atoms with Gasteiger partial charge in [0.05, 0.1) is 13.2 Å². The molecular formula is C28H33NO2. The van der Waals surface area contributed by atoms with Gasteiger partial charge >= 0.3 is 0 Å². The van der Waals surface area contributed by atoms with Crippen molar-refractivity contribution < 1.29 is 9.53 Å². The number of carbonyl (C=O) groups is 1. The number of fused-ring (bicyclic) bond motifs is 1. The number of morpholine rings is 1. The average Bonchev–Trinajstić information content (AvgIpc) is 2.78. The zero-order chi connectivity index (χ0) is 22.1. The number of ether oxygens (including phenoxy) is 1. The maximum absolute atomic E-state index is 12.6. The number of rotatable bonds is 2. The minimum absolute atomic E-state index is 0.0717. The van der Waals surface area contributed by atoms with Crippen molar-refractivity contribution in [1.82, 2.24) is 4.90 Å². The van der Waals surface area contributed by atoms with Gasteiger partial charge in [0.2, 0.25) is 0 Å². The summed E-state index contributed by atoms with van der Waals surface area (Å²) in [5.74, 6) is 6.66. The Morgan fingerprint density at radius 3 is 2.26 bits per heavy atom. The van der Waals surface area contributed by atoms with E-state index in [1.54, 1.807) is 0 Å². The Kier molecular flexibility index (Phi) is 5.95. The maximum Gasteiger partial charge on any atom is 0.254 e. The first-order valence-electron chi connectivity index (χ1n) is 11.4. The van der Waals surface area contributed by atoms with Crippen LogP contribution < -0.4 is 0 Å². The third-order valence-electron chi connectivity index (χ3n) is 6.87. The van der Waals surface area contributed by atoms with Crippen LogP contribution in [0.25, 0.3) is 0 Å². The average molecular weight is 416 g/mol. The quantitative estimate of drug-likeness (QED) is 0.639. The number of carbonyl (C=O) groups excluding carboxylic acids is 1. The molecule has 2 aromatic carbocycles. The van der Waals surface area contributed by atoms with Crippen molar-refractivity contribution in [2.24, 2.45) is 0 Å². The molecule has 3 heteroatoms. The van der Waals surface area contributed by atoms with Crippen molar-refractivity contribution in [3.05, 3.63) is 70.3 Å². The van der Waals surface area contributed by atoms with Gasteiger partial charge in [0.15, 0.2) is 0 Å². The van der Waals surface area contributed by atoms with E-state index in [0.717, 1.165) is 12.0 Å². The van der Waals surface area contributed by atoms with Gasteiger partial charge in [0, 0.05) is 30.6 Å². The van der Waals surface area contributed by atoms with Crippen LogP contribution in [0, 0.1) is 11.8 Å². The Balaban J connectivity index is 1.45. The summed E-state index contributed by atoms with van der Waals surface area (Å²) in [7, 11) is 0. The van der Waals surface area contributed by atoms with Gasteiger partial charge in [-0.2, -0.15) is 0 Å². The van der Waals surface area contributed by atoms with Crippen LogP contribution >= 0.6 is 0 Å². The summed E-state index contributed by atoms with van der Waals surface area (Å²) >= 11 is 0. The molecule has 3 nitrogen and oxygen atoms in total. The summed E-state index contributed by atoms with van der Waals surface area (Å²) in [5.41, 5.74) is 6.36. The van der Waals surface area contributed by atoms with Crippen LogP contribution in [0.4, 0.5) is 0 Å². The normalized spacial score (nSPS) is 19.2.